The van der Waals surface area contributed by atoms with Gasteiger partial charge < -0.3 is 5.73 Å². The van der Waals surface area contributed by atoms with Crippen LogP contribution in [0.4, 0.5) is 0 Å². The zero-order chi connectivity index (χ0) is 11.4. The third-order valence-electron chi connectivity index (χ3n) is 3.52. The highest BCUT2D eigenvalue weighted by atomic mass is 32.1. The lowest BCUT2D eigenvalue weighted by atomic mass is 9.98. The standard InChI is InChI=1S/C13H22N2S/c1-10-9-16-13(15-10)8-12(14)7-6-11-4-2-3-5-11/h9,11-12H,2-8,14H2,1H3. The Morgan fingerprint density at radius 1 is 1.50 bits per heavy atom. The number of aryl methyl sites for hydroxylation is 1. The second-order valence-electron chi connectivity index (χ2n) is 5.07. The Balaban J connectivity index is 1.69. The van der Waals surface area contributed by atoms with Gasteiger partial charge in [0.2, 0.25) is 0 Å². The van der Waals surface area contributed by atoms with E-state index in [0.29, 0.717) is 6.04 Å². The number of aromatic nitrogens is 1. The maximum Gasteiger partial charge on any atom is 0.0943 e. The van der Waals surface area contributed by atoms with Gasteiger partial charge in [-0.15, -0.1) is 11.3 Å². The second-order valence-corrected chi connectivity index (χ2v) is 6.02. The molecule has 16 heavy (non-hydrogen) atoms. The molecule has 0 amide bonds. The molecule has 2 rings (SSSR count). The van der Waals surface area contributed by atoms with Crippen molar-refractivity contribution in [1.29, 1.82) is 0 Å². The van der Waals surface area contributed by atoms with Crippen LogP contribution in [-0.2, 0) is 6.42 Å². The van der Waals surface area contributed by atoms with Crippen molar-refractivity contribution in [1.82, 2.24) is 4.98 Å². The molecule has 0 radical (unpaired) electrons. The van der Waals surface area contributed by atoms with E-state index in [0.717, 1.165) is 18.0 Å². The third-order valence-corrected chi connectivity index (χ3v) is 4.51. The van der Waals surface area contributed by atoms with Gasteiger partial charge in [-0.05, 0) is 25.7 Å². The first-order valence-corrected chi connectivity index (χ1v) is 7.28. The van der Waals surface area contributed by atoms with E-state index < -0.39 is 0 Å². The molecule has 0 saturated heterocycles. The summed E-state index contributed by atoms with van der Waals surface area (Å²) in [4.78, 5) is 4.47. The molecule has 3 heteroatoms. The van der Waals surface area contributed by atoms with E-state index in [-0.39, 0.29) is 0 Å². The first-order valence-electron chi connectivity index (χ1n) is 6.40. The fraction of sp³-hybridized carbons (Fsp3) is 0.769. The van der Waals surface area contributed by atoms with Crippen molar-refractivity contribution in [3.05, 3.63) is 16.1 Å². The van der Waals surface area contributed by atoms with E-state index in [1.807, 2.05) is 6.92 Å². The monoisotopic (exact) mass is 238 g/mol. The van der Waals surface area contributed by atoms with E-state index in [1.54, 1.807) is 11.3 Å². The molecule has 0 spiro atoms. The van der Waals surface area contributed by atoms with Crippen LogP contribution in [0.25, 0.3) is 0 Å². The molecule has 1 saturated carbocycles. The lowest BCUT2D eigenvalue weighted by molar-refractivity contribution is 0.447. The lowest BCUT2D eigenvalue weighted by Gasteiger charge is -2.13. The van der Waals surface area contributed by atoms with Crippen LogP contribution in [0.2, 0.25) is 0 Å². The Morgan fingerprint density at radius 3 is 2.88 bits per heavy atom. The third kappa shape index (κ3) is 3.56. The molecule has 1 unspecified atom stereocenters. The first-order chi connectivity index (χ1) is 7.74. The average molecular weight is 238 g/mol. The first kappa shape index (κ1) is 12.1. The minimum atomic E-state index is 0.311. The van der Waals surface area contributed by atoms with Crippen LogP contribution >= 0.6 is 11.3 Å². The van der Waals surface area contributed by atoms with E-state index in [9.17, 15) is 0 Å². The Kier molecular flexibility index (Phi) is 4.36. The molecule has 1 aliphatic rings. The SMILES string of the molecule is Cc1csc(CC(N)CCC2CCCC2)n1. The molecule has 1 heterocycles. The minimum absolute atomic E-state index is 0.311. The fourth-order valence-electron chi connectivity index (χ4n) is 2.57. The van der Waals surface area contributed by atoms with Gasteiger partial charge in [-0.1, -0.05) is 25.7 Å². The Bertz CT molecular complexity index is 315. The predicted molar refractivity (Wildman–Crippen MR) is 69.7 cm³/mol. The van der Waals surface area contributed by atoms with Crippen molar-refractivity contribution in [2.75, 3.05) is 0 Å². The van der Waals surface area contributed by atoms with Gasteiger partial charge in [0.25, 0.3) is 0 Å². The van der Waals surface area contributed by atoms with Crippen LogP contribution < -0.4 is 5.73 Å². The van der Waals surface area contributed by atoms with Crippen LogP contribution in [-0.4, -0.2) is 11.0 Å². The molecule has 1 aromatic rings. The predicted octanol–water partition coefficient (Wildman–Crippen LogP) is 3.29. The van der Waals surface area contributed by atoms with Gasteiger partial charge in [0, 0.05) is 23.5 Å². The topological polar surface area (TPSA) is 38.9 Å². The van der Waals surface area contributed by atoms with Gasteiger partial charge >= 0.3 is 0 Å². The number of nitrogens with zero attached hydrogens (tertiary/aromatic N) is 1. The smallest absolute Gasteiger partial charge is 0.0943 e. The largest absolute Gasteiger partial charge is 0.327 e. The summed E-state index contributed by atoms with van der Waals surface area (Å²) in [6, 6.07) is 0.311. The second kappa shape index (κ2) is 5.78. The van der Waals surface area contributed by atoms with Crippen molar-refractivity contribution in [2.45, 2.75) is 57.9 Å². The van der Waals surface area contributed by atoms with E-state index >= 15 is 0 Å². The number of hydrogen-bond acceptors (Lipinski definition) is 3. The molecule has 2 N–H and O–H groups in total. The van der Waals surface area contributed by atoms with Crippen LogP contribution in [0.1, 0.15) is 49.2 Å². The van der Waals surface area contributed by atoms with Crippen molar-refractivity contribution in [3.63, 3.8) is 0 Å². The highest BCUT2D eigenvalue weighted by Crippen LogP contribution is 2.29. The molecular formula is C13H22N2S. The van der Waals surface area contributed by atoms with E-state index in [1.165, 1.54) is 43.5 Å². The molecule has 0 aliphatic heterocycles. The number of nitrogens with two attached hydrogens (primary N) is 1. The number of hydrogen-bond donors (Lipinski definition) is 1. The van der Waals surface area contributed by atoms with Crippen molar-refractivity contribution < 1.29 is 0 Å². The Labute approximate surface area is 102 Å². The summed E-state index contributed by atoms with van der Waals surface area (Å²) in [5.74, 6) is 0.962. The molecule has 0 aromatic carbocycles. The van der Waals surface area contributed by atoms with Gasteiger partial charge in [0.05, 0.1) is 5.01 Å². The molecule has 1 aliphatic carbocycles. The summed E-state index contributed by atoms with van der Waals surface area (Å²) in [6.07, 6.45) is 9.20. The summed E-state index contributed by atoms with van der Waals surface area (Å²) in [7, 11) is 0. The van der Waals surface area contributed by atoms with Gasteiger partial charge in [-0.25, -0.2) is 4.98 Å². The summed E-state index contributed by atoms with van der Waals surface area (Å²) in [5, 5.41) is 3.32. The zero-order valence-corrected chi connectivity index (χ0v) is 10.9. The zero-order valence-electron chi connectivity index (χ0n) is 10.1. The van der Waals surface area contributed by atoms with Gasteiger partial charge in [0.1, 0.15) is 0 Å². The lowest BCUT2D eigenvalue weighted by Crippen LogP contribution is -2.23. The summed E-state index contributed by atoms with van der Waals surface area (Å²) in [5.41, 5.74) is 7.29. The normalized spacial score (nSPS) is 19.1. The van der Waals surface area contributed by atoms with E-state index in [4.69, 9.17) is 5.73 Å². The van der Waals surface area contributed by atoms with Crippen LogP contribution in [0.3, 0.4) is 0 Å². The molecule has 1 fully saturated rings. The van der Waals surface area contributed by atoms with Gasteiger partial charge in [-0.3, -0.25) is 0 Å². The average Bonchev–Trinajstić information content (AvgIpc) is 2.87. The summed E-state index contributed by atoms with van der Waals surface area (Å²) < 4.78 is 0. The van der Waals surface area contributed by atoms with Gasteiger partial charge in [-0.2, -0.15) is 0 Å². The maximum absolute atomic E-state index is 6.16. The fourth-order valence-corrected chi connectivity index (χ4v) is 3.44. The number of rotatable bonds is 5. The quantitative estimate of drug-likeness (QED) is 0.855. The highest BCUT2D eigenvalue weighted by molar-refractivity contribution is 7.09. The summed E-state index contributed by atoms with van der Waals surface area (Å²) in [6.45, 7) is 2.05. The summed E-state index contributed by atoms with van der Waals surface area (Å²) >= 11 is 1.74. The van der Waals surface area contributed by atoms with Crippen molar-refractivity contribution in [2.24, 2.45) is 11.7 Å². The van der Waals surface area contributed by atoms with Crippen molar-refractivity contribution >= 4 is 11.3 Å². The molecule has 1 atom stereocenters. The molecule has 1 aromatic heterocycles. The Morgan fingerprint density at radius 2 is 2.25 bits per heavy atom. The van der Waals surface area contributed by atoms with Gasteiger partial charge in [0.15, 0.2) is 0 Å². The molecule has 90 valence electrons. The maximum atomic E-state index is 6.16. The van der Waals surface area contributed by atoms with Crippen LogP contribution in [0.15, 0.2) is 5.38 Å². The molecule has 2 nitrogen and oxygen atoms in total. The Hall–Kier alpha value is -0.410. The number of thiazole rings is 1. The minimum Gasteiger partial charge on any atom is -0.327 e. The van der Waals surface area contributed by atoms with Crippen LogP contribution in [0.5, 0.6) is 0 Å². The highest BCUT2D eigenvalue weighted by Gasteiger charge is 2.16. The molecule has 0 bridgehead atoms. The molecular weight excluding hydrogens is 216 g/mol. The van der Waals surface area contributed by atoms with Crippen LogP contribution in [0, 0.1) is 12.8 Å². The van der Waals surface area contributed by atoms with Crippen molar-refractivity contribution in [3.8, 4) is 0 Å². The van der Waals surface area contributed by atoms with E-state index in [2.05, 4.69) is 10.4 Å².